The maximum absolute atomic E-state index is 12.9. The molecule has 158 valence electrons. The largest absolute Gasteiger partial charge is 0.345 e. The Bertz CT molecular complexity index is 1150. The Morgan fingerprint density at radius 2 is 1.80 bits per heavy atom. The molecule has 0 radical (unpaired) electrons. The fraction of sp³-hybridized carbons (Fsp3) is 0.318. The second-order valence-electron chi connectivity index (χ2n) is 7.57. The molecule has 1 aliphatic heterocycles. The SMILES string of the molecule is Cc1ccc(Cc2csc(N3CCN(S(=O)(=O)c4cccc(Cl)c4)CC3)n2)cc1C. The van der Waals surface area contributed by atoms with Crippen molar-refractivity contribution in [2.75, 3.05) is 31.1 Å². The summed E-state index contributed by atoms with van der Waals surface area (Å²) in [5, 5.41) is 3.47. The number of anilines is 1. The summed E-state index contributed by atoms with van der Waals surface area (Å²) < 4.78 is 27.3. The summed E-state index contributed by atoms with van der Waals surface area (Å²) in [5.41, 5.74) is 4.89. The van der Waals surface area contributed by atoms with Crippen LogP contribution in [0.5, 0.6) is 0 Å². The molecule has 30 heavy (non-hydrogen) atoms. The molecule has 0 aliphatic carbocycles. The summed E-state index contributed by atoms with van der Waals surface area (Å²) in [6.07, 6.45) is 0.806. The second-order valence-corrected chi connectivity index (χ2v) is 10.8. The number of aromatic nitrogens is 1. The number of halogens is 1. The molecule has 1 aromatic heterocycles. The van der Waals surface area contributed by atoms with E-state index in [4.69, 9.17) is 16.6 Å². The molecule has 0 N–H and O–H groups in total. The first-order valence-electron chi connectivity index (χ1n) is 9.84. The Labute approximate surface area is 187 Å². The molecule has 3 aromatic rings. The van der Waals surface area contributed by atoms with Crippen LogP contribution in [-0.2, 0) is 16.4 Å². The summed E-state index contributed by atoms with van der Waals surface area (Å²) in [6, 6.07) is 13.0. The molecule has 2 aromatic carbocycles. The van der Waals surface area contributed by atoms with E-state index in [0.717, 1.165) is 17.2 Å². The molecule has 1 saturated heterocycles. The van der Waals surface area contributed by atoms with E-state index in [1.165, 1.54) is 27.1 Å². The van der Waals surface area contributed by atoms with Gasteiger partial charge in [-0.3, -0.25) is 0 Å². The van der Waals surface area contributed by atoms with Gasteiger partial charge in [0.25, 0.3) is 0 Å². The first kappa shape index (κ1) is 21.3. The normalized spacial score (nSPS) is 15.5. The van der Waals surface area contributed by atoms with E-state index < -0.39 is 10.0 Å². The van der Waals surface area contributed by atoms with Gasteiger partial charge in [0.2, 0.25) is 10.0 Å². The molecule has 4 rings (SSSR count). The minimum Gasteiger partial charge on any atom is -0.345 e. The van der Waals surface area contributed by atoms with E-state index in [1.807, 2.05) is 0 Å². The highest BCUT2D eigenvalue weighted by Gasteiger charge is 2.29. The van der Waals surface area contributed by atoms with Crippen molar-refractivity contribution in [1.29, 1.82) is 0 Å². The summed E-state index contributed by atoms with van der Waals surface area (Å²) in [5.74, 6) is 0. The Morgan fingerprint density at radius 1 is 1.03 bits per heavy atom. The van der Waals surface area contributed by atoms with E-state index in [2.05, 4.69) is 42.3 Å². The topological polar surface area (TPSA) is 53.5 Å². The molecule has 0 unspecified atom stereocenters. The maximum Gasteiger partial charge on any atom is 0.243 e. The lowest BCUT2D eigenvalue weighted by molar-refractivity contribution is 0.384. The first-order chi connectivity index (χ1) is 14.3. The Morgan fingerprint density at radius 3 is 2.50 bits per heavy atom. The van der Waals surface area contributed by atoms with Gasteiger partial charge >= 0.3 is 0 Å². The number of hydrogen-bond acceptors (Lipinski definition) is 5. The van der Waals surface area contributed by atoms with Gasteiger partial charge in [-0.05, 0) is 48.7 Å². The average Bonchev–Trinajstić information content (AvgIpc) is 3.19. The van der Waals surface area contributed by atoms with Gasteiger partial charge in [-0.25, -0.2) is 13.4 Å². The maximum atomic E-state index is 12.9. The zero-order valence-corrected chi connectivity index (χ0v) is 19.4. The number of benzene rings is 2. The number of hydrogen-bond donors (Lipinski definition) is 0. The molecule has 0 atom stereocenters. The standard InChI is InChI=1S/C22H24ClN3O2S2/c1-16-6-7-18(12-17(16)2)13-20-15-29-22(24-20)25-8-10-26(11-9-25)30(27,28)21-5-3-4-19(23)14-21/h3-7,12,14-15H,8-11,13H2,1-2H3. The van der Waals surface area contributed by atoms with Crippen LogP contribution in [-0.4, -0.2) is 43.9 Å². The van der Waals surface area contributed by atoms with Crippen LogP contribution in [0.2, 0.25) is 5.02 Å². The molecule has 8 heteroatoms. The Hall–Kier alpha value is -1.93. The van der Waals surface area contributed by atoms with Crippen LogP contribution in [0.15, 0.2) is 52.7 Å². The number of rotatable bonds is 5. The van der Waals surface area contributed by atoms with Crippen molar-refractivity contribution in [3.63, 3.8) is 0 Å². The monoisotopic (exact) mass is 461 g/mol. The minimum atomic E-state index is -3.53. The molecular formula is C22H24ClN3O2S2. The predicted octanol–water partition coefficient (Wildman–Crippen LogP) is 4.52. The van der Waals surface area contributed by atoms with Gasteiger partial charge < -0.3 is 4.90 Å². The van der Waals surface area contributed by atoms with Crippen LogP contribution in [0, 0.1) is 13.8 Å². The number of thiazole rings is 1. The number of sulfonamides is 1. The molecule has 1 aliphatic rings. The van der Waals surface area contributed by atoms with Gasteiger partial charge in [0.1, 0.15) is 0 Å². The molecule has 5 nitrogen and oxygen atoms in total. The predicted molar refractivity (Wildman–Crippen MR) is 123 cm³/mol. The minimum absolute atomic E-state index is 0.244. The fourth-order valence-corrected chi connectivity index (χ4v) is 6.14. The van der Waals surface area contributed by atoms with Crippen LogP contribution >= 0.6 is 22.9 Å². The smallest absolute Gasteiger partial charge is 0.243 e. The van der Waals surface area contributed by atoms with Crippen molar-refractivity contribution >= 4 is 38.1 Å². The third-order valence-electron chi connectivity index (χ3n) is 5.44. The van der Waals surface area contributed by atoms with Crippen molar-refractivity contribution < 1.29 is 8.42 Å². The molecule has 1 fully saturated rings. The van der Waals surface area contributed by atoms with Crippen LogP contribution in [0.4, 0.5) is 5.13 Å². The lowest BCUT2D eigenvalue weighted by Gasteiger charge is -2.33. The summed E-state index contributed by atoms with van der Waals surface area (Å²) in [7, 11) is -3.53. The number of nitrogens with zero attached hydrogens (tertiary/aromatic N) is 3. The highest BCUT2D eigenvalue weighted by molar-refractivity contribution is 7.89. The quantitative estimate of drug-likeness (QED) is 0.560. The van der Waals surface area contributed by atoms with Gasteiger partial charge in [0.15, 0.2) is 5.13 Å². The number of piperazine rings is 1. The van der Waals surface area contributed by atoms with Gasteiger partial charge in [-0.1, -0.05) is 35.9 Å². The van der Waals surface area contributed by atoms with Crippen molar-refractivity contribution in [3.05, 3.63) is 75.3 Å². The van der Waals surface area contributed by atoms with Crippen molar-refractivity contribution in [2.24, 2.45) is 0 Å². The molecule has 0 bridgehead atoms. The lowest BCUT2D eigenvalue weighted by Crippen LogP contribution is -2.48. The van der Waals surface area contributed by atoms with E-state index in [0.29, 0.717) is 31.2 Å². The summed E-state index contributed by atoms with van der Waals surface area (Å²) >= 11 is 7.59. The zero-order chi connectivity index (χ0) is 21.3. The zero-order valence-electron chi connectivity index (χ0n) is 17.0. The van der Waals surface area contributed by atoms with Crippen molar-refractivity contribution in [3.8, 4) is 0 Å². The van der Waals surface area contributed by atoms with E-state index in [1.54, 1.807) is 29.5 Å². The highest BCUT2D eigenvalue weighted by atomic mass is 35.5. The first-order valence-corrected chi connectivity index (χ1v) is 12.5. The van der Waals surface area contributed by atoms with Gasteiger partial charge in [0, 0.05) is 43.0 Å². The summed E-state index contributed by atoms with van der Waals surface area (Å²) in [6.45, 7) is 6.35. The van der Waals surface area contributed by atoms with Gasteiger partial charge in [-0.15, -0.1) is 11.3 Å². The Balaban J connectivity index is 1.40. The fourth-order valence-electron chi connectivity index (χ4n) is 3.54. The second kappa shape index (κ2) is 8.67. The molecule has 2 heterocycles. The van der Waals surface area contributed by atoms with Crippen LogP contribution in [0.1, 0.15) is 22.4 Å². The molecule has 0 saturated carbocycles. The van der Waals surface area contributed by atoms with E-state index >= 15 is 0 Å². The highest BCUT2D eigenvalue weighted by Crippen LogP contribution is 2.26. The third kappa shape index (κ3) is 4.54. The molecular weight excluding hydrogens is 438 g/mol. The van der Waals surface area contributed by atoms with E-state index in [-0.39, 0.29) is 4.90 Å². The molecule has 0 spiro atoms. The third-order valence-corrected chi connectivity index (χ3v) is 8.52. The summed E-state index contributed by atoms with van der Waals surface area (Å²) in [4.78, 5) is 7.21. The van der Waals surface area contributed by atoms with E-state index in [9.17, 15) is 8.42 Å². The molecule has 0 amide bonds. The lowest BCUT2D eigenvalue weighted by atomic mass is 10.0. The van der Waals surface area contributed by atoms with Crippen LogP contribution in [0.25, 0.3) is 0 Å². The van der Waals surface area contributed by atoms with Crippen LogP contribution in [0.3, 0.4) is 0 Å². The average molecular weight is 462 g/mol. The number of aryl methyl sites for hydroxylation is 2. The Kier molecular flexibility index (Phi) is 6.16. The van der Waals surface area contributed by atoms with Gasteiger partial charge in [0.05, 0.1) is 10.6 Å². The van der Waals surface area contributed by atoms with Gasteiger partial charge in [-0.2, -0.15) is 4.31 Å². The van der Waals surface area contributed by atoms with Crippen molar-refractivity contribution in [2.45, 2.75) is 25.2 Å². The van der Waals surface area contributed by atoms with Crippen LogP contribution < -0.4 is 4.90 Å². The van der Waals surface area contributed by atoms with Crippen molar-refractivity contribution in [1.82, 2.24) is 9.29 Å².